The van der Waals surface area contributed by atoms with Crippen molar-refractivity contribution < 1.29 is 28.2 Å². The number of amides is 1. The van der Waals surface area contributed by atoms with E-state index in [1.807, 2.05) is 68.4 Å². The lowest BCUT2D eigenvalue weighted by atomic mass is 10.0. The molecule has 0 bridgehead atoms. The number of rotatable bonds is 8. The van der Waals surface area contributed by atoms with Crippen LogP contribution in [-0.4, -0.2) is 41.7 Å². The fourth-order valence-electron chi connectivity index (χ4n) is 4.41. The predicted molar refractivity (Wildman–Crippen MR) is 128 cm³/mol. The highest BCUT2D eigenvalue weighted by molar-refractivity contribution is 5.82. The average Bonchev–Trinajstić information content (AvgIpc) is 3.46. The van der Waals surface area contributed by atoms with Crippen LogP contribution in [0.1, 0.15) is 47.4 Å². The topological polar surface area (TPSA) is 91.1 Å². The lowest BCUT2D eigenvalue weighted by Crippen LogP contribution is -2.42. The quantitative estimate of drug-likeness (QED) is 0.424. The fourth-order valence-corrected chi connectivity index (χ4v) is 4.41. The lowest BCUT2D eigenvalue weighted by molar-refractivity contribution is -0.145. The molecule has 1 aliphatic rings. The van der Waals surface area contributed by atoms with Crippen LogP contribution in [0.3, 0.4) is 0 Å². The van der Waals surface area contributed by atoms with Crippen molar-refractivity contribution >= 4 is 12.1 Å². The summed E-state index contributed by atoms with van der Waals surface area (Å²) in [5.41, 5.74) is 2.68. The van der Waals surface area contributed by atoms with E-state index < -0.39 is 18.1 Å². The molecule has 4 rings (SSSR count). The van der Waals surface area contributed by atoms with E-state index in [4.69, 9.17) is 18.6 Å². The molecular weight excluding hydrogens is 448 g/mol. The molecule has 0 aliphatic carbocycles. The second kappa shape index (κ2) is 11.1. The number of benzene rings is 2. The number of esters is 1. The van der Waals surface area contributed by atoms with E-state index in [1.165, 1.54) is 12.0 Å². The van der Waals surface area contributed by atoms with Crippen LogP contribution in [0, 0.1) is 13.8 Å². The molecule has 3 aromatic rings. The molecule has 1 aliphatic heterocycles. The molecule has 0 radical (unpaired) electrons. The van der Waals surface area contributed by atoms with Gasteiger partial charge in [0, 0.05) is 13.3 Å². The third-order valence-corrected chi connectivity index (χ3v) is 6.15. The second-order valence-corrected chi connectivity index (χ2v) is 8.48. The highest BCUT2D eigenvalue weighted by Gasteiger charge is 2.43. The number of carbonyl (C=O) groups excluding carboxylic acids is 2. The Morgan fingerprint density at radius 3 is 2.46 bits per heavy atom. The summed E-state index contributed by atoms with van der Waals surface area (Å²) in [6.07, 6.45) is 1.25. The molecular formula is C27H30N2O6. The van der Waals surface area contributed by atoms with Gasteiger partial charge in [0.2, 0.25) is 0 Å². The molecule has 1 saturated heterocycles. The summed E-state index contributed by atoms with van der Waals surface area (Å²) in [6.45, 7) is 4.32. The molecule has 1 amide bonds. The SMILES string of the molecule is COC(=O)C1CCC(c2ccc(OCCc3nc(C)oc3C)cc2)N1C(=O)OCc1ccccc1. The van der Waals surface area contributed by atoms with Gasteiger partial charge < -0.3 is 18.6 Å². The van der Waals surface area contributed by atoms with Gasteiger partial charge in [-0.15, -0.1) is 0 Å². The summed E-state index contributed by atoms with van der Waals surface area (Å²) >= 11 is 0. The lowest BCUT2D eigenvalue weighted by Gasteiger charge is -2.28. The molecule has 184 valence electrons. The van der Waals surface area contributed by atoms with Crippen molar-refractivity contribution in [1.29, 1.82) is 0 Å². The molecule has 1 fully saturated rings. The van der Waals surface area contributed by atoms with Crippen LogP contribution < -0.4 is 4.74 Å². The van der Waals surface area contributed by atoms with Gasteiger partial charge in [-0.2, -0.15) is 0 Å². The Kier molecular flexibility index (Phi) is 7.70. The van der Waals surface area contributed by atoms with Crippen LogP contribution in [0.5, 0.6) is 5.75 Å². The van der Waals surface area contributed by atoms with Crippen LogP contribution in [-0.2, 0) is 27.3 Å². The number of nitrogens with zero attached hydrogens (tertiary/aromatic N) is 2. The Labute approximate surface area is 204 Å². The Morgan fingerprint density at radius 1 is 1.06 bits per heavy atom. The number of hydrogen-bond acceptors (Lipinski definition) is 7. The van der Waals surface area contributed by atoms with Crippen LogP contribution in [0.4, 0.5) is 4.79 Å². The molecule has 2 atom stereocenters. The van der Waals surface area contributed by atoms with Gasteiger partial charge in [0.15, 0.2) is 5.89 Å². The van der Waals surface area contributed by atoms with E-state index in [0.717, 1.165) is 22.6 Å². The Hall–Kier alpha value is -3.81. The van der Waals surface area contributed by atoms with Crippen molar-refractivity contribution in [2.75, 3.05) is 13.7 Å². The van der Waals surface area contributed by atoms with Gasteiger partial charge in [-0.25, -0.2) is 14.6 Å². The second-order valence-electron chi connectivity index (χ2n) is 8.48. The Bertz CT molecular complexity index is 1140. The van der Waals surface area contributed by atoms with Gasteiger partial charge in [0.05, 0.1) is 25.5 Å². The molecule has 35 heavy (non-hydrogen) atoms. The number of methoxy groups -OCH3 is 1. The molecule has 8 nitrogen and oxygen atoms in total. The van der Waals surface area contributed by atoms with E-state index in [0.29, 0.717) is 37.5 Å². The first kappa shape index (κ1) is 24.3. The molecule has 2 heterocycles. The van der Waals surface area contributed by atoms with Gasteiger partial charge in [0.1, 0.15) is 24.2 Å². The van der Waals surface area contributed by atoms with Gasteiger partial charge in [-0.05, 0) is 43.0 Å². The molecule has 0 spiro atoms. The first-order valence-corrected chi connectivity index (χ1v) is 11.7. The minimum atomic E-state index is -0.682. The highest BCUT2D eigenvalue weighted by Crippen LogP contribution is 2.38. The maximum absolute atomic E-state index is 13.1. The first-order chi connectivity index (χ1) is 17.0. The zero-order valence-corrected chi connectivity index (χ0v) is 20.2. The molecule has 1 aromatic heterocycles. The van der Waals surface area contributed by atoms with Crippen molar-refractivity contribution in [3.63, 3.8) is 0 Å². The van der Waals surface area contributed by atoms with Gasteiger partial charge in [0.25, 0.3) is 0 Å². The van der Waals surface area contributed by atoms with E-state index in [1.54, 1.807) is 0 Å². The maximum Gasteiger partial charge on any atom is 0.411 e. The van der Waals surface area contributed by atoms with E-state index in [-0.39, 0.29) is 12.6 Å². The van der Waals surface area contributed by atoms with Crippen molar-refractivity contribution in [1.82, 2.24) is 9.88 Å². The summed E-state index contributed by atoms with van der Waals surface area (Å²) in [5, 5.41) is 0. The van der Waals surface area contributed by atoms with Crippen molar-refractivity contribution in [3.05, 3.63) is 83.1 Å². The van der Waals surface area contributed by atoms with E-state index in [9.17, 15) is 9.59 Å². The molecule has 0 N–H and O–H groups in total. The number of likely N-dealkylation sites (tertiary alicyclic amines) is 1. The molecule has 0 saturated carbocycles. The monoisotopic (exact) mass is 478 g/mol. The van der Waals surface area contributed by atoms with Crippen molar-refractivity contribution in [2.45, 2.75) is 51.8 Å². The summed E-state index contributed by atoms with van der Waals surface area (Å²) in [4.78, 5) is 31.3. The number of aryl methyl sites for hydroxylation is 2. The van der Waals surface area contributed by atoms with Gasteiger partial charge in [-0.3, -0.25) is 4.90 Å². The highest BCUT2D eigenvalue weighted by atomic mass is 16.6. The Morgan fingerprint density at radius 2 is 1.80 bits per heavy atom. The number of aromatic nitrogens is 1. The zero-order chi connectivity index (χ0) is 24.8. The van der Waals surface area contributed by atoms with Crippen LogP contribution >= 0.6 is 0 Å². The number of hydrogen-bond donors (Lipinski definition) is 0. The van der Waals surface area contributed by atoms with Crippen LogP contribution in [0.2, 0.25) is 0 Å². The molecule has 2 unspecified atom stereocenters. The number of oxazole rings is 1. The van der Waals surface area contributed by atoms with Crippen LogP contribution in [0.25, 0.3) is 0 Å². The van der Waals surface area contributed by atoms with Crippen LogP contribution in [0.15, 0.2) is 59.0 Å². The van der Waals surface area contributed by atoms with E-state index >= 15 is 0 Å². The maximum atomic E-state index is 13.1. The van der Waals surface area contributed by atoms with Crippen molar-refractivity contribution in [2.24, 2.45) is 0 Å². The average molecular weight is 479 g/mol. The van der Waals surface area contributed by atoms with Crippen molar-refractivity contribution in [3.8, 4) is 5.75 Å². The summed E-state index contributed by atoms with van der Waals surface area (Å²) in [7, 11) is 1.33. The third kappa shape index (κ3) is 5.82. The normalized spacial score (nSPS) is 17.3. The largest absolute Gasteiger partial charge is 0.493 e. The zero-order valence-electron chi connectivity index (χ0n) is 20.2. The van der Waals surface area contributed by atoms with Gasteiger partial charge >= 0.3 is 12.1 Å². The predicted octanol–water partition coefficient (Wildman–Crippen LogP) is 4.93. The number of carbonyl (C=O) groups is 2. The number of ether oxygens (including phenoxy) is 3. The third-order valence-electron chi connectivity index (χ3n) is 6.15. The minimum Gasteiger partial charge on any atom is -0.493 e. The summed E-state index contributed by atoms with van der Waals surface area (Å²) < 4.78 is 21.8. The first-order valence-electron chi connectivity index (χ1n) is 11.7. The smallest absolute Gasteiger partial charge is 0.411 e. The fraction of sp³-hybridized carbons (Fsp3) is 0.370. The Balaban J connectivity index is 1.41. The van der Waals surface area contributed by atoms with Gasteiger partial charge in [-0.1, -0.05) is 42.5 Å². The van der Waals surface area contributed by atoms with E-state index in [2.05, 4.69) is 4.98 Å². The minimum absolute atomic E-state index is 0.133. The summed E-state index contributed by atoms with van der Waals surface area (Å²) in [6, 6.07) is 16.0. The molecule has 8 heteroatoms. The molecule has 2 aromatic carbocycles. The summed E-state index contributed by atoms with van der Waals surface area (Å²) in [5.74, 6) is 1.73. The standard InChI is InChI=1S/C27H30N2O6/c1-18-23(28-19(2)35-18)15-16-33-22-11-9-21(10-12-22)24-13-14-25(26(30)32-3)29(24)27(31)34-17-20-7-5-4-6-8-20/h4-12,24-25H,13-17H2,1-3H3.